The third-order valence-electron chi connectivity index (χ3n) is 11.3. The number of nitrogen functional groups attached to an aromatic ring is 2. The first-order valence-electron chi connectivity index (χ1n) is 23.5. The molecule has 0 heterocycles. The van der Waals surface area contributed by atoms with Gasteiger partial charge in [0.05, 0.1) is 51.8 Å². The van der Waals surface area contributed by atoms with Crippen LogP contribution in [0.5, 0.6) is 0 Å². The number of unbranched alkanes of at least 4 members (excludes halogenated alkanes) is 10. The molecule has 4 N–H and O–H groups in total. The Morgan fingerprint density at radius 1 is 0.420 bits per heavy atom. The van der Waals surface area contributed by atoms with Crippen LogP contribution >= 0.6 is 0 Å². The molecule has 4 aromatic carbocycles. The highest BCUT2D eigenvalue weighted by Gasteiger charge is 2.49. The number of carbonyl (C=O) groups is 6. The molecule has 0 saturated carbocycles. The SMILES string of the molecule is COC(=O)/C=C/c1ccc(C(=O)OCCCCCCCCOC(=O)C(Cc2ccc(N)cc2)(Cc2ccc(N)cc2)C(=O)OCCCCCCCCOC(=O)c2ccc(/C=C/C(=O)OC)cc2)cc1. The molecule has 0 amide bonds. The molecule has 0 unspecified atom stereocenters. The minimum absolute atomic E-state index is 0.0455. The average molecular weight is 947 g/mol. The van der Waals surface area contributed by atoms with E-state index in [-0.39, 0.29) is 26.1 Å². The minimum Gasteiger partial charge on any atom is -0.466 e. The second-order valence-corrected chi connectivity index (χ2v) is 16.7. The van der Waals surface area contributed by atoms with Crippen LogP contribution in [0.25, 0.3) is 12.2 Å². The Hall–Kier alpha value is -7.22. The maximum Gasteiger partial charge on any atom is 0.338 e. The quantitative estimate of drug-likeness (QED) is 0.0125. The van der Waals surface area contributed by atoms with E-state index in [1.165, 1.54) is 26.4 Å². The highest BCUT2D eigenvalue weighted by Crippen LogP contribution is 2.33. The van der Waals surface area contributed by atoms with Gasteiger partial charge < -0.3 is 39.9 Å². The Balaban J connectivity index is 1.20. The maximum atomic E-state index is 14.3. The summed E-state index contributed by atoms with van der Waals surface area (Å²) in [7, 11) is 2.61. The van der Waals surface area contributed by atoms with Crippen LogP contribution in [0.4, 0.5) is 11.4 Å². The van der Waals surface area contributed by atoms with E-state index in [0.29, 0.717) is 61.4 Å². The van der Waals surface area contributed by atoms with E-state index in [2.05, 4.69) is 9.47 Å². The molecule has 4 aromatic rings. The molecular weight excluding hydrogens is 881 g/mol. The van der Waals surface area contributed by atoms with Gasteiger partial charge >= 0.3 is 35.8 Å². The van der Waals surface area contributed by atoms with Gasteiger partial charge in [0, 0.05) is 23.5 Å². The van der Waals surface area contributed by atoms with Gasteiger partial charge in [-0.15, -0.1) is 0 Å². The lowest BCUT2D eigenvalue weighted by Gasteiger charge is -2.30. The summed E-state index contributed by atoms with van der Waals surface area (Å²) in [5.74, 6) is -3.06. The monoisotopic (exact) mass is 946 g/mol. The summed E-state index contributed by atoms with van der Waals surface area (Å²) >= 11 is 0. The highest BCUT2D eigenvalue weighted by atomic mass is 16.6. The van der Waals surface area contributed by atoms with Gasteiger partial charge in [0.15, 0.2) is 5.41 Å². The summed E-state index contributed by atoms with van der Waals surface area (Å²) in [4.78, 5) is 76.1. The number of esters is 6. The number of anilines is 2. The standard InChI is InChI=1S/C55H66N2O12/c1-64-49(58)33-23-41-15-25-45(26-16-41)51(60)66-35-11-7-3-5-9-13-37-68-53(62)55(39-43-19-29-47(56)30-20-43,40-44-21-31-48(57)32-22-44)54(63)69-38-14-10-6-4-8-12-36-67-52(61)46-27-17-42(18-28-46)24-34-50(59)65-2/h15-34H,3-14,35-40,56-57H2,1-2H3/b33-23+,34-24+. The van der Waals surface area contributed by atoms with Crippen molar-refractivity contribution in [3.05, 3.63) is 143 Å². The van der Waals surface area contributed by atoms with E-state index in [1.807, 2.05) is 0 Å². The molecule has 0 bridgehead atoms. The van der Waals surface area contributed by atoms with Crippen LogP contribution in [-0.4, -0.2) is 76.5 Å². The Bertz CT molecular complexity index is 2120. The number of hydrogen-bond acceptors (Lipinski definition) is 14. The van der Waals surface area contributed by atoms with E-state index in [4.69, 9.17) is 30.4 Å². The Morgan fingerprint density at radius 3 is 1.04 bits per heavy atom. The van der Waals surface area contributed by atoms with Crippen LogP contribution in [0.1, 0.15) is 120 Å². The molecule has 0 aliphatic rings. The van der Waals surface area contributed by atoms with Crippen LogP contribution < -0.4 is 11.5 Å². The number of methoxy groups -OCH3 is 2. The molecule has 0 atom stereocenters. The van der Waals surface area contributed by atoms with Crippen LogP contribution in [0.2, 0.25) is 0 Å². The van der Waals surface area contributed by atoms with E-state index in [9.17, 15) is 28.8 Å². The van der Waals surface area contributed by atoms with Gasteiger partial charge in [0.25, 0.3) is 0 Å². The van der Waals surface area contributed by atoms with Crippen molar-refractivity contribution >= 4 is 59.3 Å². The molecular formula is C55H66N2O12. The highest BCUT2D eigenvalue weighted by molar-refractivity contribution is 6.01. The van der Waals surface area contributed by atoms with Crippen molar-refractivity contribution in [2.45, 2.75) is 89.9 Å². The van der Waals surface area contributed by atoms with Crippen molar-refractivity contribution in [3.8, 4) is 0 Å². The average Bonchev–Trinajstić information content (AvgIpc) is 3.36. The summed E-state index contributed by atoms with van der Waals surface area (Å²) in [6, 6.07) is 27.6. The van der Waals surface area contributed by atoms with Gasteiger partial charge in [-0.25, -0.2) is 19.2 Å². The molecule has 14 nitrogen and oxygen atoms in total. The normalized spacial score (nSPS) is 11.3. The van der Waals surface area contributed by atoms with Gasteiger partial charge in [-0.1, -0.05) is 99.9 Å². The first-order chi connectivity index (χ1) is 33.4. The molecule has 0 radical (unpaired) electrons. The first-order valence-corrected chi connectivity index (χ1v) is 23.5. The lowest BCUT2D eigenvalue weighted by Crippen LogP contribution is -2.46. The molecule has 14 heteroatoms. The second kappa shape index (κ2) is 30.2. The number of rotatable bonds is 30. The molecule has 0 aliphatic carbocycles. The fourth-order valence-electron chi connectivity index (χ4n) is 7.25. The van der Waals surface area contributed by atoms with E-state index in [0.717, 1.165) is 73.6 Å². The van der Waals surface area contributed by atoms with Crippen molar-refractivity contribution in [3.63, 3.8) is 0 Å². The Labute approximate surface area is 405 Å². The molecule has 368 valence electrons. The predicted molar refractivity (Wildman–Crippen MR) is 264 cm³/mol. The van der Waals surface area contributed by atoms with Gasteiger partial charge in [0.2, 0.25) is 0 Å². The van der Waals surface area contributed by atoms with Gasteiger partial charge in [-0.05, 0) is 121 Å². The molecule has 0 aliphatic heterocycles. The van der Waals surface area contributed by atoms with Gasteiger partial charge in [-0.3, -0.25) is 9.59 Å². The van der Waals surface area contributed by atoms with Crippen molar-refractivity contribution in [1.29, 1.82) is 0 Å². The lowest BCUT2D eigenvalue weighted by atomic mass is 9.76. The summed E-state index contributed by atoms with van der Waals surface area (Å²) in [5.41, 5.74) is 15.2. The smallest absolute Gasteiger partial charge is 0.338 e. The molecule has 0 spiro atoms. The third kappa shape index (κ3) is 19.9. The zero-order valence-corrected chi connectivity index (χ0v) is 39.8. The fraction of sp³-hybridized carbons (Fsp3) is 0.382. The van der Waals surface area contributed by atoms with Gasteiger partial charge in [0.1, 0.15) is 0 Å². The zero-order chi connectivity index (χ0) is 49.7. The fourth-order valence-corrected chi connectivity index (χ4v) is 7.25. The Kier molecular flexibility index (Phi) is 23.8. The molecule has 0 aromatic heterocycles. The largest absolute Gasteiger partial charge is 0.466 e. The predicted octanol–water partition coefficient (Wildman–Crippen LogP) is 9.48. The summed E-state index contributed by atoms with van der Waals surface area (Å²) in [6.07, 6.45) is 15.4. The summed E-state index contributed by atoms with van der Waals surface area (Å²) < 4.78 is 31.9. The number of hydrogen-bond donors (Lipinski definition) is 2. The molecule has 0 saturated heterocycles. The minimum atomic E-state index is -1.67. The zero-order valence-electron chi connectivity index (χ0n) is 39.8. The van der Waals surface area contributed by atoms with Crippen molar-refractivity contribution in [2.24, 2.45) is 5.41 Å². The van der Waals surface area contributed by atoms with E-state index >= 15 is 0 Å². The van der Waals surface area contributed by atoms with Crippen LogP contribution in [0.15, 0.2) is 109 Å². The number of benzene rings is 4. The van der Waals surface area contributed by atoms with Crippen LogP contribution in [0, 0.1) is 5.41 Å². The molecule has 0 fully saturated rings. The van der Waals surface area contributed by atoms with Crippen molar-refractivity contribution in [1.82, 2.24) is 0 Å². The number of ether oxygens (including phenoxy) is 6. The van der Waals surface area contributed by atoms with E-state index in [1.54, 1.807) is 109 Å². The lowest BCUT2D eigenvalue weighted by molar-refractivity contribution is -0.173. The van der Waals surface area contributed by atoms with Crippen molar-refractivity contribution < 1.29 is 57.2 Å². The second-order valence-electron chi connectivity index (χ2n) is 16.7. The molecule has 4 rings (SSSR count). The summed E-state index contributed by atoms with van der Waals surface area (Å²) in [5, 5.41) is 0. The van der Waals surface area contributed by atoms with E-state index < -0.39 is 41.2 Å². The first kappa shape index (κ1) is 54.4. The topological polar surface area (TPSA) is 210 Å². The van der Waals surface area contributed by atoms with Gasteiger partial charge in [-0.2, -0.15) is 0 Å². The van der Waals surface area contributed by atoms with Crippen LogP contribution in [0.3, 0.4) is 0 Å². The Morgan fingerprint density at radius 2 is 0.725 bits per heavy atom. The van der Waals surface area contributed by atoms with Crippen LogP contribution in [-0.2, 0) is 60.4 Å². The van der Waals surface area contributed by atoms with Crippen molar-refractivity contribution in [2.75, 3.05) is 52.1 Å². The number of nitrogens with two attached hydrogens (primary N) is 2. The summed E-state index contributed by atoms with van der Waals surface area (Å²) in [6.45, 7) is 0.856. The third-order valence-corrected chi connectivity index (χ3v) is 11.3. The molecule has 69 heavy (non-hydrogen) atoms. The number of carbonyl (C=O) groups excluding carboxylic acids is 6. The maximum absolute atomic E-state index is 14.3.